The van der Waals surface area contributed by atoms with E-state index in [-0.39, 0.29) is 23.6 Å². The quantitative estimate of drug-likeness (QED) is 0.788. The maximum atomic E-state index is 12.8. The van der Waals surface area contributed by atoms with E-state index in [0.29, 0.717) is 18.5 Å². The molecule has 2 N–H and O–H groups in total. The lowest BCUT2D eigenvalue weighted by Gasteiger charge is -2.74. The van der Waals surface area contributed by atoms with Crippen molar-refractivity contribution in [1.29, 1.82) is 0 Å². The van der Waals surface area contributed by atoms with Gasteiger partial charge < -0.3 is 29.9 Å². The summed E-state index contributed by atoms with van der Waals surface area (Å²) in [6, 6.07) is 9.48. The van der Waals surface area contributed by atoms with Gasteiger partial charge in [-0.15, -0.1) is 0 Å². The van der Waals surface area contributed by atoms with Gasteiger partial charge in [-0.05, 0) is 49.9 Å². The van der Waals surface area contributed by atoms with Gasteiger partial charge in [-0.1, -0.05) is 6.92 Å². The first-order chi connectivity index (χ1) is 14.5. The number of ether oxygens (including phenoxy) is 1. The second-order valence-electron chi connectivity index (χ2n) is 9.82. The van der Waals surface area contributed by atoms with Crippen molar-refractivity contribution in [3.05, 3.63) is 24.3 Å². The van der Waals surface area contributed by atoms with Crippen molar-refractivity contribution < 1.29 is 14.6 Å². The van der Waals surface area contributed by atoms with E-state index in [1.165, 1.54) is 17.8 Å². The van der Waals surface area contributed by atoms with Crippen LogP contribution in [0.4, 0.5) is 16.2 Å². The van der Waals surface area contributed by atoms with Crippen LogP contribution in [0.5, 0.6) is 0 Å². The summed E-state index contributed by atoms with van der Waals surface area (Å²) in [7, 11) is 0. The SMILES string of the molecule is CC12CC3CN(c4ccc(N5CCOCC5)cc4)C1CC2(C)N(C(=O)NCCO)C3. The Morgan fingerprint density at radius 1 is 1.13 bits per heavy atom. The first-order valence-corrected chi connectivity index (χ1v) is 11.3. The number of rotatable bonds is 4. The van der Waals surface area contributed by atoms with Crippen molar-refractivity contribution in [2.45, 2.75) is 38.3 Å². The van der Waals surface area contributed by atoms with Gasteiger partial charge in [-0.3, -0.25) is 0 Å². The van der Waals surface area contributed by atoms with Crippen molar-refractivity contribution in [3.8, 4) is 0 Å². The predicted octanol–water partition coefficient (Wildman–Crippen LogP) is 1.90. The van der Waals surface area contributed by atoms with Gasteiger partial charge in [-0.25, -0.2) is 4.79 Å². The smallest absolute Gasteiger partial charge is 0.317 e. The van der Waals surface area contributed by atoms with Crippen LogP contribution in [0, 0.1) is 11.3 Å². The van der Waals surface area contributed by atoms with Crippen molar-refractivity contribution >= 4 is 17.4 Å². The predicted molar refractivity (Wildman–Crippen MR) is 117 cm³/mol. The Kier molecular flexibility index (Phi) is 4.86. The molecule has 3 heterocycles. The van der Waals surface area contributed by atoms with E-state index < -0.39 is 0 Å². The summed E-state index contributed by atoms with van der Waals surface area (Å²) < 4.78 is 5.47. The van der Waals surface area contributed by atoms with Gasteiger partial charge in [0.25, 0.3) is 0 Å². The highest BCUT2D eigenvalue weighted by atomic mass is 16.5. The fraction of sp³-hybridized carbons (Fsp3) is 0.696. The average Bonchev–Trinajstić information content (AvgIpc) is 2.76. The largest absolute Gasteiger partial charge is 0.395 e. The molecule has 0 radical (unpaired) electrons. The lowest BCUT2D eigenvalue weighted by Crippen LogP contribution is -2.82. The Labute approximate surface area is 179 Å². The number of urea groups is 1. The second-order valence-corrected chi connectivity index (χ2v) is 9.82. The third-order valence-electron chi connectivity index (χ3n) is 8.33. The molecule has 2 amide bonds. The molecule has 1 aromatic rings. The zero-order chi connectivity index (χ0) is 20.9. The van der Waals surface area contributed by atoms with E-state index in [2.05, 4.69) is 58.1 Å². The van der Waals surface area contributed by atoms with Gasteiger partial charge in [0.05, 0.1) is 25.4 Å². The Bertz CT molecular complexity index is 796. The number of piperidine rings is 2. The summed E-state index contributed by atoms with van der Waals surface area (Å²) in [5.74, 6) is 0.471. The number of aliphatic hydroxyl groups is 1. The van der Waals surface area contributed by atoms with E-state index >= 15 is 0 Å². The molecule has 4 aliphatic rings. The lowest BCUT2D eigenvalue weighted by molar-refractivity contribution is -0.161. The minimum atomic E-state index is -0.125. The lowest BCUT2D eigenvalue weighted by atomic mass is 9.45. The topological polar surface area (TPSA) is 68.3 Å². The number of nitrogens with zero attached hydrogens (tertiary/aromatic N) is 3. The number of hydrogen-bond donors (Lipinski definition) is 2. The highest BCUT2D eigenvalue weighted by Crippen LogP contribution is 2.64. The normalized spacial score (nSPS) is 35.1. The van der Waals surface area contributed by atoms with Crippen molar-refractivity contribution in [3.63, 3.8) is 0 Å². The Hall–Kier alpha value is -1.99. The molecule has 0 aromatic heterocycles. The van der Waals surface area contributed by atoms with Gasteiger partial charge in [0.2, 0.25) is 0 Å². The number of nitrogens with one attached hydrogen (secondary N) is 1. The van der Waals surface area contributed by atoms with Crippen LogP contribution in [-0.4, -0.2) is 80.2 Å². The highest BCUT2D eigenvalue weighted by Gasteiger charge is 2.70. The number of carbonyl (C=O) groups excluding carboxylic acids is 1. The molecular weight excluding hydrogens is 380 g/mol. The second kappa shape index (κ2) is 7.31. The third-order valence-corrected chi connectivity index (χ3v) is 8.33. The molecule has 3 saturated heterocycles. The number of amides is 2. The van der Waals surface area contributed by atoms with Crippen LogP contribution >= 0.6 is 0 Å². The molecule has 3 aliphatic heterocycles. The maximum Gasteiger partial charge on any atom is 0.317 e. The zero-order valence-electron chi connectivity index (χ0n) is 18.1. The van der Waals surface area contributed by atoms with Crippen LogP contribution in [-0.2, 0) is 4.74 Å². The Morgan fingerprint density at radius 3 is 2.53 bits per heavy atom. The van der Waals surface area contributed by atoms with Crippen molar-refractivity contribution in [1.82, 2.24) is 10.2 Å². The van der Waals surface area contributed by atoms with Gasteiger partial charge in [0.15, 0.2) is 0 Å². The molecule has 1 aliphatic carbocycles. The first kappa shape index (κ1) is 19.9. The van der Waals surface area contributed by atoms with Crippen LogP contribution in [0.1, 0.15) is 26.7 Å². The summed E-state index contributed by atoms with van der Waals surface area (Å²) in [6.07, 6.45) is 2.17. The minimum Gasteiger partial charge on any atom is -0.395 e. The maximum absolute atomic E-state index is 12.8. The number of morpholine rings is 1. The fourth-order valence-electron chi connectivity index (χ4n) is 6.47. The molecule has 4 atom stereocenters. The summed E-state index contributed by atoms with van der Waals surface area (Å²) in [5.41, 5.74) is 2.54. The van der Waals surface area contributed by atoms with Crippen LogP contribution in [0.2, 0.25) is 0 Å². The standard InChI is InChI=1S/C23H34N4O3/c1-22-13-17-15-26(19-5-3-18(4-6-19)25-8-11-30-12-9-25)20(22)14-23(22,2)27(16-17)21(29)24-7-10-28/h3-6,17,20,28H,7-16H2,1-2H3,(H,24,29). The first-order valence-electron chi connectivity index (χ1n) is 11.3. The average molecular weight is 415 g/mol. The fourth-order valence-corrected chi connectivity index (χ4v) is 6.47. The molecule has 1 aromatic carbocycles. The molecule has 0 spiro atoms. The number of likely N-dealkylation sites (tertiary alicyclic amines) is 1. The van der Waals surface area contributed by atoms with Gasteiger partial charge in [-0.2, -0.15) is 0 Å². The Morgan fingerprint density at radius 2 is 1.83 bits per heavy atom. The number of fused-ring (bicyclic) bond motifs is 1. The van der Waals surface area contributed by atoms with Crippen molar-refractivity contribution in [2.24, 2.45) is 11.3 Å². The van der Waals surface area contributed by atoms with E-state index in [0.717, 1.165) is 45.8 Å². The molecule has 4 unspecified atom stereocenters. The summed E-state index contributed by atoms with van der Waals surface area (Å²) >= 11 is 0. The molecule has 1 saturated carbocycles. The van der Waals surface area contributed by atoms with Crippen LogP contribution in [0.25, 0.3) is 0 Å². The number of carbonyl (C=O) groups is 1. The molecule has 164 valence electrons. The van der Waals surface area contributed by atoms with Gasteiger partial charge in [0.1, 0.15) is 0 Å². The summed E-state index contributed by atoms with van der Waals surface area (Å²) in [5, 5.41) is 12.0. The minimum absolute atomic E-state index is 0.0200. The Balaban J connectivity index is 1.34. The number of aliphatic hydroxyl groups excluding tert-OH is 1. The molecule has 4 fully saturated rings. The monoisotopic (exact) mass is 414 g/mol. The number of hydrogen-bond acceptors (Lipinski definition) is 5. The van der Waals surface area contributed by atoms with E-state index in [4.69, 9.17) is 9.84 Å². The number of benzene rings is 1. The molecule has 7 nitrogen and oxygen atoms in total. The van der Waals surface area contributed by atoms with E-state index in [1.807, 2.05) is 0 Å². The van der Waals surface area contributed by atoms with Gasteiger partial charge in [0, 0.05) is 55.6 Å². The van der Waals surface area contributed by atoms with E-state index in [9.17, 15) is 4.79 Å². The summed E-state index contributed by atoms with van der Waals surface area (Å²) in [4.78, 5) is 19.8. The highest BCUT2D eigenvalue weighted by molar-refractivity contribution is 5.76. The molecule has 7 heteroatoms. The van der Waals surface area contributed by atoms with Crippen LogP contribution in [0.3, 0.4) is 0 Å². The van der Waals surface area contributed by atoms with Crippen LogP contribution < -0.4 is 15.1 Å². The molecule has 30 heavy (non-hydrogen) atoms. The van der Waals surface area contributed by atoms with Crippen LogP contribution in [0.15, 0.2) is 24.3 Å². The zero-order valence-corrected chi connectivity index (χ0v) is 18.1. The summed E-state index contributed by atoms with van der Waals surface area (Å²) in [6.45, 7) is 10.2. The van der Waals surface area contributed by atoms with E-state index in [1.54, 1.807) is 0 Å². The molecule has 2 bridgehead atoms. The third kappa shape index (κ3) is 2.89. The number of anilines is 2. The van der Waals surface area contributed by atoms with Crippen molar-refractivity contribution in [2.75, 3.05) is 62.3 Å². The molecule has 5 rings (SSSR count). The van der Waals surface area contributed by atoms with Gasteiger partial charge >= 0.3 is 6.03 Å². The molecular formula is C23H34N4O3.